The highest BCUT2D eigenvalue weighted by Crippen LogP contribution is 2.39. The topological polar surface area (TPSA) is 49.3 Å². The number of hydrogen-bond acceptors (Lipinski definition) is 2. The molecule has 1 aliphatic rings. The van der Waals surface area contributed by atoms with Crippen LogP contribution >= 0.6 is 0 Å². The van der Waals surface area contributed by atoms with Crippen LogP contribution in [0.25, 0.3) is 0 Å². The molecule has 1 aromatic rings. The van der Waals surface area contributed by atoms with E-state index in [-0.39, 0.29) is 5.91 Å². The first-order valence-electron chi connectivity index (χ1n) is 6.46. The zero-order valence-corrected chi connectivity index (χ0v) is 11.4. The molecule has 1 aliphatic heterocycles. The van der Waals surface area contributed by atoms with Crippen molar-refractivity contribution >= 4 is 11.6 Å². The molecule has 1 amide bonds. The van der Waals surface area contributed by atoms with Crippen LogP contribution in [0.4, 0.5) is 5.69 Å². The summed E-state index contributed by atoms with van der Waals surface area (Å²) in [6.45, 7) is 8.00. The van der Waals surface area contributed by atoms with Gasteiger partial charge in [0.15, 0.2) is 0 Å². The fourth-order valence-corrected chi connectivity index (χ4v) is 2.38. The van der Waals surface area contributed by atoms with Gasteiger partial charge in [0.2, 0.25) is 5.91 Å². The molecule has 0 aliphatic carbocycles. The molecule has 0 aromatic heterocycles. The van der Waals surface area contributed by atoms with Crippen molar-refractivity contribution in [3.05, 3.63) is 29.3 Å². The number of hydrogen-bond donors (Lipinski definition) is 2. The van der Waals surface area contributed by atoms with Gasteiger partial charge in [-0.1, -0.05) is 26.0 Å². The third kappa shape index (κ3) is 2.15. The van der Waals surface area contributed by atoms with Crippen LogP contribution in [-0.4, -0.2) is 11.0 Å². The van der Waals surface area contributed by atoms with Gasteiger partial charge in [0.25, 0.3) is 0 Å². The maximum absolute atomic E-state index is 11.8. The van der Waals surface area contributed by atoms with Crippen molar-refractivity contribution < 1.29 is 9.90 Å². The standard InChI is InChI=1S/C15H21NO2/c1-9(2)7-13(17)10-5-6-12-11(8-10)15(3,4)14(18)16-12/h5-6,8-9,13,17H,7H2,1-4H3,(H,16,18). The number of amides is 1. The molecule has 0 spiro atoms. The molecule has 0 saturated heterocycles. The van der Waals surface area contributed by atoms with Crippen molar-refractivity contribution in [3.63, 3.8) is 0 Å². The lowest BCUT2D eigenvalue weighted by molar-refractivity contribution is -0.119. The third-order valence-corrected chi connectivity index (χ3v) is 3.61. The largest absolute Gasteiger partial charge is 0.388 e. The summed E-state index contributed by atoms with van der Waals surface area (Å²) in [6.07, 6.45) is 0.280. The van der Waals surface area contributed by atoms with Gasteiger partial charge in [0.05, 0.1) is 11.5 Å². The Morgan fingerprint density at radius 2 is 2.00 bits per heavy atom. The minimum Gasteiger partial charge on any atom is -0.388 e. The normalized spacial score (nSPS) is 18.7. The number of carbonyl (C=O) groups excluding carboxylic acids is 1. The molecule has 1 aromatic carbocycles. The Kier molecular flexibility index (Phi) is 3.20. The van der Waals surface area contributed by atoms with E-state index in [0.717, 1.165) is 23.2 Å². The molecule has 3 nitrogen and oxygen atoms in total. The van der Waals surface area contributed by atoms with Gasteiger partial charge in [-0.25, -0.2) is 0 Å². The molecular formula is C15H21NO2. The highest BCUT2D eigenvalue weighted by Gasteiger charge is 2.38. The highest BCUT2D eigenvalue weighted by molar-refractivity contribution is 6.05. The first kappa shape index (κ1) is 13.1. The van der Waals surface area contributed by atoms with E-state index in [4.69, 9.17) is 0 Å². The second-order valence-corrected chi connectivity index (χ2v) is 6.03. The van der Waals surface area contributed by atoms with Gasteiger partial charge in [-0.15, -0.1) is 0 Å². The Labute approximate surface area is 108 Å². The van der Waals surface area contributed by atoms with Crippen molar-refractivity contribution in [1.82, 2.24) is 0 Å². The number of nitrogens with one attached hydrogen (secondary N) is 1. The third-order valence-electron chi connectivity index (χ3n) is 3.61. The van der Waals surface area contributed by atoms with Gasteiger partial charge < -0.3 is 10.4 Å². The van der Waals surface area contributed by atoms with Crippen molar-refractivity contribution in [1.29, 1.82) is 0 Å². The quantitative estimate of drug-likeness (QED) is 0.862. The first-order valence-corrected chi connectivity index (χ1v) is 6.46. The van der Waals surface area contributed by atoms with Crippen LogP contribution in [-0.2, 0) is 10.2 Å². The van der Waals surface area contributed by atoms with E-state index in [9.17, 15) is 9.90 Å². The number of aliphatic hydroxyl groups is 1. The molecular weight excluding hydrogens is 226 g/mol. The Balaban J connectivity index is 2.34. The Morgan fingerprint density at radius 3 is 2.61 bits per heavy atom. The van der Waals surface area contributed by atoms with Crippen LogP contribution in [0.5, 0.6) is 0 Å². The molecule has 1 unspecified atom stereocenters. The summed E-state index contributed by atoms with van der Waals surface area (Å²) in [6, 6.07) is 5.74. The van der Waals surface area contributed by atoms with Gasteiger partial charge in [-0.05, 0) is 43.4 Å². The predicted molar refractivity (Wildman–Crippen MR) is 72.5 cm³/mol. The molecule has 0 radical (unpaired) electrons. The minimum atomic E-state index is -0.511. The monoisotopic (exact) mass is 247 g/mol. The zero-order valence-electron chi connectivity index (χ0n) is 11.4. The summed E-state index contributed by atoms with van der Waals surface area (Å²) >= 11 is 0. The maximum atomic E-state index is 11.8. The maximum Gasteiger partial charge on any atom is 0.234 e. The van der Waals surface area contributed by atoms with E-state index in [0.29, 0.717) is 5.92 Å². The number of rotatable bonds is 3. The number of carbonyl (C=O) groups is 1. The van der Waals surface area contributed by atoms with Gasteiger partial charge in [-0.3, -0.25) is 4.79 Å². The van der Waals surface area contributed by atoms with Crippen LogP contribution in [0.15, 0.2) is 18.2 Å². The summed E-state index contributed by atoms with van der Waals surface area (Å²) < 4.78 is 0. The molecule has 0 fully saturated rings. The number of anilines is 1. The van der Waals surface area contributed by atoms with E-state index < -0.39 is 11.5 Å². The molecule has 0 saturated carbocycles. The Morgan fingerprint density at radius 1 is 1.33 bits per heavy atom. The summed E-state index contributed by atoms with van der Waals surface area (Å²) in [4.78, 5) is 11.8. The van der Waals surface area contributed by atoms with Crippen LogP contribution in [0.3, 0.4) is 0 Å². The number of fused-ring (bicyclic) bond motifs is 1. The zero-order chi connectivity index (χ0) is 13.5. The van der Waals surface area contributed by atoms with Crippen LogP contribution in [0, 0.1) is 5.92 Å². The van der Waals surface area contributed by atoms with E-state index in [1.807, 2.05) is 32.0 Å². The SMILES string of the molecule is CC(C)CC(O)c1ccc2c(c1)C(C)(C)C(=O)N2. The van der Waals surface area contributed by atoms with Crippen molar-refractivity contribution in [2.24, 2.45) is 5.92 Å². The molecule has 18 heavy (non-hydrogen) atoms. The fourth-order valence-electron chi connectivity index (χ4n) is 2.38. The average Bonchev–Trinajstić information content (AvgIpc) is 2.49. The second kappa shape index (κ2) is 4.39. The van der Waals surface area contributed by atoms with Crippen LogP contribution < -0.4 is 5.32 Å². The Bertz CT molecular complexity index is 477. The van der Waals surface area contributed by atoms with E-state index >= 15 is 0 Å². The lowest BCUT2D eigenvalue weighted by Gasteiger charge is -2.18. The average molecular weight is 247 g/mol. The van der Waals surface area contributed by atoms with E-state index in [1.165, 1.54) is 0 Å². The summed E-state index contributed by atoms with van der Waals surface area (Å²) in [5.41, 5.74) is 2.23. The van der Waals surface area contributed by atoms with Crippen molar-refractivity contribution in [2.45, 2.75) is 45.6 Å². The van der Waals surface area contributed by atoms with Gasteiger partial charge >= 0.3 is 0 Å². The summed E-state index contributed by atoms with van der Waals surface area (Å²) in [7, 11) is 0. The van der Waals surface area contributed by atoms with E-state index in [2.05, 4.69) is 19.2 Å². The number of aliphatic hydroxyl groups excluding tert-OH is 1. The minimum absolute atomic E-state index is 0.0213. The highest BCUT2D eigenvalue weighted by atomic mass is 16.3. The fraction of sp³-hybridized carbons (Fsp3) is 0.533. The molecule has 1 atom stereocenters. The Hall–Kier alpha value is -1.35. The molecule has 2 N–H and O–H groups in total. The van der Waals surface area contributed by atoms with Crippen LogP contribution in [0.1, 0.15) is 51.3 Å². The van der Waals surface area contributed by atoms with E-state index in [1.54, 1.807) is 0 Å². The van der Waals surface area contributed by atoms with Gasteiger partial charge in [0.1, 0.15) is 0 Å². The molecule has 2 rings (SSSR count). The summed E-state index contributed by atoms with van der Waals surface area (Å²) in [5, 5.41) is 13.0. The lowest BCUT2D eigenvalue weighted by atomic mass is 9.84. The predicted octanol–water partition coefficient (Wildman–Crippen LogP) is 3.00. The van der Waals surface area contributed by atoms with Crippen molar-refractivity contribution in [2.75, 3.05) is 5.32 Å². The number of benzene rings is 1. The van der Waals surface area contributed by atoms with Gasteiger partial charge in [-0.2, -0.15) is 0 Å². The molecule has 98 valence electrons. The smallest absolute Gasteiger partial charge is 0.234 e. The summed E-state index contributed by atoms with van der Waals surface area (Å²) in [5.74, 6) is 0.467. The molecule has 1 heterocycles. The second-order valence-electron chi connectivity index (χ2n) is 6.03. The molecule has 0 bridgehead atoms. The first-order chi connectivity index (χ1) is 8.32. The van der Waals surface area contributed by atoms with Crippen molar-refractivity contribution in [3.8, 4) is 0 Å². The molecule has 3 heteroatoms. The lowest BCUT2D eigenvalue weighted by Crippen LogP contribution is -2.26. The van der Waals surface area contributed by atoms with Gasteiger partial charge in [0, 0.05) is 5.69 Å². The van der Waals surface area contributed by atoms with Crippen LogP contribution in [0.2, 0.25) is 0 Å².